The maximum atomic E-state index is 13.5. The van der Waals surface area contributed by atoms with E-state index >= 15 is 0 Å². The minimum Gasteiger partial charge on any atom is -0.481 e. The first kappa shape index (κ1) is 17.3. The van der Waals surface area contributed by atoms with Gasteiger partial charge in [-0.05, 0) is 37.1 Å². The molecule has 0 radical (unpaired) electrons. The number of nitrogens with zero attached hydrogens (tertiary/aromatic N) is 2. The summed E-state index contributed by atoms with van der Waals surface area (Å²) in [5, 5.41) is 2.85. The Bertz CT molecular complexity index is 910. The number of anilines is 1. The Kier molecular flexibility index (Phi) is 4.91. The topological polar surface area (TPSA) is 67.6 Å². The van der Waals surface area contributed by atoms with Gasteiger partial charge in [0.2, 0.25) is 0 Å². The van der Waals surface area contributed by atoms with E-state index in [1.54, 1.807) is 12.1 Å². The molecular weight excluding hydrogens is 349 g/mol. The Morgan fingerprint density at radius 1 is 1.26 bits per heavy atom. The van der Waals surface area contributed by atoms with Gasteiger partial charge in [-0.2, -0.15) is 4.98 Å². The van der Waals surface area contributed by atoms with Crippen LogP contribution in [0.3, 0.4) is 0 Å². The average Bonchev–Trinajstić information content (AvgIpc) is 3.31. The number of oxazole rings is 1. The van der Waals surface area contributed by atoms with E-state index in [4.69, 9.17) is 9.15 Å². The summed E-state index contributed by atoms with van der Waals surface area (Å²) in [6, 6.07) is 14.3. The summed E-state index contributed by atoms with van der Waals surface area (Å²) in [5.41, 5.74) is 1.57. The molecule has 0 spiro atoms. The second-order valence-corrected chi connectivity index (χ2v) is 6.48. The average molecular weight is 369 g/mol. The van der Waals surface area contributed by atoms with Crippen LogP contribution in [0.4, 0.5) is 10.4 Å². The van der Waals surface area contributed by atoms with E-state index in [2.05, 4.69) is 15.2 Å². The molecule has 4 rings (SSSR count). The number of amides is 1. The Morgan fingerprint density at radius 2 is 2.07 bits per heavy atom. The summed E-state index contributed by atoms with van der Waals surface area (Å²) in [4.78, 5) is 18.7. The highest BCUT2D eigenvalue weighted by Gasteiger charge is 2.28. The molecule has 1 fully saturated rings. The Morgan fingerprint density at radius 3 is 2.93 bits per heavy atom. The fraction of sp³-hybridized carbons (Fsp3) is 0.300. The minimum absolute atomic E-state index is 0.0709. The molecule has 1 aliphatic rings. The molecule has 1 N–H and O–H groups in total. The van der Waals surface area contributed by atoms with Gasteiger partial charge in [0, 0.05) is 13.1 Å². The van der Waals surface area contributed by atoms with Crippen molar-refractivity contribution >= 4 is 23.0 Å². The number of hydrogen-bond acceptors (Lipinski definition) is 5. The van der Waals surface area contributed by atoms with Gasteiger partial charge >= 0.3 is 0 Å². The molecule has 2 aromatic carbocycles. The van der Waals surface area contributed by atoms with E-state index < -0.39 is 5.82 Å². The second kappa shape index (κ2) is 7.65. The number of para-hydroxylation sites is 3. The Labute approximate surface area is 155 Å². The minimum atomic E-state index is -0.483. The molecule has 6 nitrogen and oxygen atoms in total. The lowest BCUT2D eigenvalue weighted by Gasteiger charge is -2.23. The second-order valence-electron chi connectivity index (χ2n) is 6.48. The van der Waals surface area contributed by atoms with Gasteiger partial charge in [0.05, 0.1) is 6.04 Å². The first-order chi connectivity index (χ1) is 13.2. The van der Waals surface area contributed by atoms with Crippen LogP contribution in [0.2, 0.25) is 0 Å². The number of nitrogens with one attached hydrogen (secondary N) is 1. The lowest BCUT2D eigenvalue weighted by molar-refractivity contribution is -0.123. The van der Waals surface area contributed by atoms with Crippen molar-refractivity contribution < 1.29 is 18.3 Å². The number of aromatic nitrogens is 1. The molecule has 1 aliphatic heterocycles. The third-order valence-corrected chi connectivity index (χ3v) is 4.64. The molecule has 0 aliphatic carbocycles. The van der Waals surface area contributed by atoms with E-state index in [0.717, 1.165) is 30.5 Å². The molecule has 2 heterocycles. The molecule has 27 heavy (non-hydrogen) atoms. The number of ether oxygens (including phenoxy) is 1. The van der Waals surface area contributed by atoms with Crippen molar-refractivity contribution in [3.8, 4) is 5.75 Å². The molecule has 1 atom stereocenters. The van der Waals surface area contributed by atoms with Gasteiger partial charge in [-0.3, -0.25) is 4.79 Å². The van der Waals surface area contributed by atoms with E-state index in [-0.39, 0.29) is 24.3 Å². The lowest BCUT2D eigenvalue weighted by atomic mass is 10.2. The predicted octanol–water partition coefficient (Wildman–Crippen LogP) is 3.13. The maximum Gasteiger partial charge on any atom is 0.298 e. The molecular formula is C20H20FN3O3. The zero-order valence-electron chi connectivity index (χ0n) is 14.7. The zero-order valence-corrected chi connectivity index (χ0v) is 14.7. The van der Waals surface area contributed by atoms with E-state index in [1.807, 2.05) is 24.3 Å². The Hall–Kier alpha value is -3.09. The standard InChI is InChI=1S/C20H20FN3O3/c21-15-7-1-3-9-17(15)26-13-19(25)22-12-14-6-5-11-24(14)20-23-16-8-2-4-10-18(16)27-20/h1-4,7-10,14H,5-6,11-13H2,(H,22,25). The normalized spacial score (nSPS) is 16.6. The van der Waals surface area contributed by atoms with Crippen LogP contribution in [-0.4, -0.2) is 36.6 Å². The van der Waals surface area contributed by atoms with Crippen LogP contribution in [0.25, 0.3) is 11.1 Å². The lowest BCUT2D eigenvalue weighted by Crippen LogP contribution is -2.41. The van der Waals surface area contributed by atoms with Crippen molar-refractivity contribution in [1.29, 1.82) is 0 Å². The van der Waals surface area contributed by atoms with Gasteiger partial charge in [0.25, 0.3) is 11.9 Å². The SMILES string of the molecule is O=C(COc1ccccc1F)NCC1CCCN1c1nc2ccccc2o1. The van der Waals surface area contributed by atoms with Crippen molar-refractivity contribution in [3.05, 3.63) is 54.3 Å². The van der Waals surface area contributed by atoms with Crippen molar-refractivity contribution in [2.45, 2.75) is 18.9 Å². The largest absolute Gasteiger partial charge is 0.481 e. The number of rotatable bonds is 6. The smallest absolute Gasteiger partial charge is 0.298 e. The van der Waals surface area contributed by atoms with Gasteiger partial charge in [-0.1, -0.05) is 24.3 Å². The predicted molar refractivity (Wildman–Crippen MR) is 99.3 cm³/mol. The van der Waals surface area contributed by atoms with Gasteiger partial charge < -0.3 is 19.4 Å². The molecule has 1 aromatic heterocycles. The molecule has 0 bridgehead atoms. The first-order valence-corrected chi connectivity index (χ1v) is 8.97. The summed E-state index contributed by atoms with van der Waals surface area (Å²) in [6.07, 6.45) is 1.94. The molecule has 7 heteroatoms. The van der Waals surface area contributed by atoms with Crippen molar-refractivity contribution in [1.82, 2.24) is 10.3 Å². The van der Waals surface area contributed by atoms with Crippen LogP contribution >= 0.6 is 0 Å². The fourth-order valence-corrected chi connectivity index (χ4v) is 3.27. The zero-order chi connectivity index (χ0) is 18.6. The third kappa shape index (κ3) is 3.86. The molecule has 1 saturated heterocycles. The summed E-state index contributed by atoms with van der Waals surface area (Å²) in [5.74, 6) is -0.701. The summed E-state index contributed by atoms with van der Waals surface area (Å²) < 4.78 is 24.6. The molecule has 3 aromatic rings. The van der Waals surface area contributed by atoms with Gasteiger partial charge in [0.1, 0.15) is 5.52 Å². The van der Waals surface area contributed by atoms with Crippen LogP contribution in [0.5, 0.6) is 5.75 Å². The number of benzene rings is 2. The van der Waals surface area contributed by atoms with Gasteiger partial charge in [-0.15, -0.1) is 0 Å². The van der Waals surface area contributed by atoms with E-state index in [0.29, 0.717) is 12.6 Å². The van der Waals surface area contributed by atoms with Crippen molar-refractivity contribution in [2.24, 2.45) is 0 Å². The number of hydrogen-bond donors (Lipinski definition) is 1. The Balaban J connectivity index is 1.33. The van der Waals surface area contributed by atoms with Crippen LogP contribution in [-0.2, 0) is 4.79 Å². The van der Waals surface area contributed by atoms with Crippen LogP contribution < -0.4 is 15.0 Å². The summed E-state index contributed by atoms with van der Waals surface area (Å²) in [6.45, 7) is 1.06. The van der Waals surface area contributed by atoms with E-state index in [9.17, 15) is 9.18 Å². The van der Waals surface area contributed by atoms with Crippen LogP contribution in [0.1, 0.15) is 12.8 Å². The highest BCUT2D eigenvalue weighted by Crippen LogP contribution is 2.28. The van der Waals surface area contributed by atoms with Gasteiger partial charge in [0.15, 0.2) is 23.8 Å². The number of carbonyl (C=O) groups excluding carboxylic acids is 1. The van der Waals surface area contributed by atoms with Crippen LogP contribution in [0.15, 0.2) is 52.9 Å². The molecule has 1 unspecified atom stereocenters. The fourth-order valence-electron chi connectivity index (χ4n) is 3.27. The summed E-state index contributed by atoms with van der Waals surface area (Å²) in [7, 11) is 0. The third-order valence-electron chi connectivity index (χ3n) is 4.64. The molecule has 140 valence electrons. The number of fused-ring (bicyclic) bond motifs is 1. The molecule has 1 amide bonds. The maximum absolute atomic E-state index is 13.5. The first-order valence-electron chi connectivity index (χ1n) is 8.97. The highest BCUT2D eigenvalue weighted by atomic mass is 19.1. The molecule has 0 saturated carbocycles. The number of carbonyl (C=O) groups is 1. The van der Waals surface area contributed by atoms with Crippen LogP contribution in [0, 0.1) is 5.82 Å². The van der Waals surface area contributed by atoms with Crippen molar-refractivity contribution in [2.75, 3.05) is 24.6 Å². The van der Waals surface area contributed by atoms with E-state index in [1.165, 1.54) is 12.1 Å². The number of halogens is 1. The van der Waals surface area contributed by atoms with Gasteiger partial charge in [-0.25, -0.2) is 4.39 Å². The van der Waals surface area contributed by atoms with Crippen molar-refractivity contribution in [3.63, 3.8) is 0 Å². The highest BCUT2D eigenvalue weighted by molar-refractivity contribution is 5.77. The quantitative estimate of drug-likeness (QED) is 0.723. The summed E-state index contributed by atoms with van der Waals surface area (Å²) >= 11 is 0. The monoisotopic (exact) mass is 369 g/mol.